The number of aliphatic hydroxyl groups is 1. The molecule has 1 aromatic carbocycles. The Hall–Kier alpha value is -2.10. The number of allylic oxidation sites excluding steroid dienone is 2. The van der Waals surface area contributed by atoms with Gasteiger partial charge in [-0.05, 0) is 62.6 Å². The Bertz CT molecular complexity index is 737. The van der Waals surface area contributed by atoms with Crippen LogP contribution in [0.4, 0.5) is 0 Å². The molecule has 0 aliphatic heterocycles. The van der Waals surface area contributed by atoms with Crippen molar-refractivity contribution in [1.29, 1.82) is 0 Å². The van der Waals surface area contributed by atoms with Gasteiger partial charge in [-0.2, -0.15) is 0 Å². The van der Waals surface area contributed by atoms with Crippen molar-refractivity contribution in [3.63, 3.8) is 0 Å². The van der Waals surface area contributed by atoms with Gasteiger partial charge >= 0.3 is 0 Å². The van der Waals surface area contributed by atoms with Crippen LogP contribution >= 0.6 is 0 Å². The number of benzene rings is 1. The molecule has 3 aliphatic rings. The van der Waals surface area contributed by atoms with Crippen molar-refractivity contribution in [2.24, 2.45) is 17.0 Å². The molecule has 2 bridgehead atoms. The summed E-state index contributed by atoms with van der Waals surface area (Å²) in [5, 5.41) is 15.0. The van der Waals surface area contributed by atoms with Crippen LogP contribution in [0.25, 0.3) is 5.57 Å². The number of carbonyl (C=O) groups is 1. The summed E-state index contributed by atoms with van der Waals surface area (Å²) in [6.07, 6.45) is 3.67. The van der Waals surface area contributed by atoms with Gasteiger partial charge in [0.05, 0.1) is 11.3 Å². The molecule has 4 nitrogen and oxygen atoms in total. The molecule has 1 saturated carbocycles. The van der Waals surface area contributed by atoms with Crippen LogP contribution in [0.15, 0.2) is 23.0 Å². The van der Waals surface area contributed by atoms with Crippen molar-refractivity contribution < 1.29 is 14.7 Å². The summed E-state index contributed by atoms with van der Waals surface area (Å²) >= 11 is 0. The summed E-state index contributed by atoms with van der Waals surface area (Å²) in [5.41, 5.74) is 5.65. The first-order valence-electron chi connectivity index (χ1n) is 9.04. The number of carbonyl (C=O) groups excluding carboxylic acids is 1. The highest BCUT2D eigenvalue weighted by Crippen LogP contribution is 2.39. The van der Waals surface area contributed by atoms with Crippen LogP contribution in [0.1, 0.15) is 54.4 Å². The van der Waals surface area contributed by atoms with Crippen LogP contribution in [0, 0.1) is 32.6 Å². The second-order valence-electron chi connectivity index (χ2n) is 7.54. The van der Waals surface area contributed by atoms with Gasteiger partial charge in [-0.25, -0.2) is 0 Å². The molecular weight excluding hydrogens is 314 g/mol. The predicted molar refractivity (Wildman–Crippen MR) is 99.7 cm³/mol. The average molecular weight is 341 g/mol. The molecule has 4 heteroatoms. The zero-order valence-electron chi connectivity index (χ0n) is 15.6. The molecule has 2 atom stereocenters. The van der Waals surface area contributed by atoms with E-state index in [1.165, 1.54) is 5.56 Å². The minimum atomic E-state index is 0.0175. The zero-order chi connectivity index (χ0) is 18.1. The van der Waals surface area contributed by atoms with Gasteiger partial charge in [-0.3, -0.25) is 4.79 Å². The fraction of sp³-hybridized carbons (Fsp3) is 0.524. The maximum atomic E-state index is 13.1. The molecule has 25 heavy (non-hydrogen) atoms. The first-order valence-corrected chi connectivity index (χ1v) is 9.04. The number of Topliss-reactive ketones (excluding diaryl/α,β-unsaturated/α-hetero) is 1. The van der Waals surface area contributed by atoms with Gasteiger partial charge in [0, 0.05) is 18.8 Å². The van der Waals surface area contributed by atoms with Gasteiger partial charge in [0.25, 0.3) is 0 Å². The molecule has 0 aromatic heterocycles. The van der Waals surface area contributed by atoms with E-state index in [4.69, 9.17) is 4.84 Å². The molecule has 0 radical (unpaired) electrons. The lowest BCUT2D eigenvalue weighted by molar-refractivity contribution is -0.114. The molecule has 1 fully saturated rings. The monoisotopic (exact) mass is 341 g/mol. The van der Waals surface area contributed by atoms with Gasteiger partial charge in [-0.15, -0.1) is 0 Å². The number of aryl methyl sites for hydroxylation is 3. The Labute approximate surface area is 149 Å². The summed E-state index contributed by atoms with van der Waals surface area (Å²) in [7, 11) is 1.55. The number of fused-ring (bicyclic) bond motifs is 5. The highest BCUT2D eigenvalue weighted by Gasteiger charge is 2.35. The number of ketones is 1. The molecule has 134 valence electrons. The van der Waals surface area contributed by atoms with Crippen LogP contribution in [-0.2, 0) is 9.63 Å². The van der Waals surface area contributed by atoms with Crippen molar-refractivity contribution in [1.82, 2.24) is 0 Å². The lowest BCUT2D eigenvalue weighted by Crippen LogP contribution is -2.26. The van der Waals surface area contributed by atoms with Crippen LogP contribution in [-0.4, -0.2) is 23.7 Å². The predicted octanol–water partition coefficient (Wildman–Crippen LogP) is 4.66. The Kier molecular flexibility index (Phi) is 4.98. The number of oxime groups is 1. The summed E-state index contributed by atoms with van der Waals surface area (Å²) < 4.78 is 0. The Morgan fingerprint density at radius 2 is 1.76 bits per heavy atom. The highest BCUT2D eigenvalue weighted by molar-refractivity contribution is 6.23. The van der Waals surface area contributed by atoms with Crippen LogP contribution in [0.3, 0.4) is 0 Å². The van der Waals surface area contributed by atoms with Crippen LogP contribution in [0.2, 0.25) is 0 Å². The van der Waals surface area contributed by atoms with Crippen molar-refractivity contribution >= 4 is 17.1 Å². The summed E-state index contributed by atoms with van der Waals surface area (Å²) in [6, 6.07) is 4.16. The van der Waals surface area contributed by atoms with E-state index in [0.717, 1.165) is 41.7 Å². The molecule has 0 spiro atoms. The lowest BCUT2D eigenvalue weighted by atomic mass is 9.78. The van der Waals surface area contributed by atoms with E-state index in [0.29, 0.717) is 24.3 Å². The first-order chi connectivity index (χ1) is 11.9. The summed E-state index contributed by atoms with van der Waals surface area (Å²) in [5.74, 6) is 0.695. The number of rotatable bonds is 2. The fourth-order valence-electron chi connectivity index (χ4n) is 4.51. The molecule has 1 N–H and O–H groups in total. The van der Waals surface area contributed by atoms with Gasteiger partial charge in [0.2, 0.25) is 0 Å². The van der Waals surface area contributed by atoms with E-state index in [9.17, 15) is 9.90 Å². The normalized spacial score (nSPS) is 28.6. The standard InChI is InChI=1S/C21H27NO3/c1-12-7-13(2)20(14(3)8-12)21-18(23)10-15-5-6-16(11-19(21)24)17(9-15)22-25-4/h7-8,15-16,23H,5-6,9-11H2,1-4H3/b21-18-,22-17-/t15-,16-/m1/s1. The van der Waals surface area contributed by atoms with E-state index in [-0.39, 0.29) is 17.5 Å². The van der Waals surface area contributed by atoms with E-state index in [1.54, 1.807) is 7.11 Å². The molecule has 0 heterocycles. The first kappa shape index (κ1) is 17.7. The highest BCUT2D eigenvalue weighted by atomic mass is 16.6. The van der Waals surface area contributed by atoms with Crippen molar-refractivity contribution in [2.75, 3.05) is 7.11 Å². The van der Waals surface area contributed by atoms with E-state index in [1.807, 2.05) is 13.8 Å². The number of hydrogen-bond acceptors (Lipinski definition) is 4. The molecule has 0 unspecified atom stereocenters. The lowest BCUT2D eigenvalue weighted by Gasteiger charge is -2.27. The minimum Gasteiger partial charge on any atom is -0.512 e. The molecule has 3 aliphatic carbocycles. The van der Waals surface area contributed by atoms with Crippen LogP contribution in [0.5, 0.6) is 0 Å². The van der Waals surface area contributed by atoms with E-state index < -0.39 is 0 Å². The number of nitrogens with zero attached hydrogens (tertiary/aromatic N) is 1. The van der Waals surface area contributed by atoms with Crippen molar-refractivity contribution in [3.05, 3.63) is 40.1 Å². The largest absolute Gasteiger partial charge is 0.512 e. The maximum absolute atomic E-state index is 13.1. The fourth-order valence-corrected chi connectivity index (χ4v) is 4.51. The van der Waals surface area contributed by atoms with Gasteiger partial charge in [-0.1, -0.05) is 22.9 Å². The average Bonchev–Trinajstić information content (AvgIpc) is 2.60. The van der Waals surface area contributed by atoms with E-state index >= 15 is 0 Å². The molecule has 0 saturated heterocycles. The second-order valence-corrected chi connectivity index (χ2v) is 7.54. The molecule has 0 amide bonds. The maximum Gasteiger partial charge on any atom is 0.167 e. The van der Waals surface area contributed by atoms with Crippen LogP contribution < -0.4 is 0 Å². The zero-order valence-corrected chi connectivity index (χ0v) is 15.6. The van der Waals surface area contributed by atoms with E-state index in [2.05, 4.69) is 24.2 Å². The third-order valence-electron chi connectivity index (χ3n) is 5.51. The Balaban J connectivity index is 2.09. The van der Waals surface area contributed by atoms with Gasteiger partial charge in [0.15, 0.2) is 5.78 Å². The third-order valence-corrected chi connectivity index (χ3v) is 5.51. The summed E-state index contributed by atoms with van der Waals surface area (Å²) in [4.78, 5) is 18.1. The summed E-state index contributed by atoms with van der Waals surface area (Å²) in [6.45, 7) is 6.08. The third kappa shape index (κ3) is 3.48. The molecular formula is C21H27NO3. The van der Waals surface area contributed by atoms with Crippen molar-refractivity contribution in [3.8, 4) is 0 Å². The Morgan fingerprint density at radius 3 is 2.40 bits per heavy atom. The molecule has 4 rings (SSSR count). The Morgan fingerprint density at radius 1 is 1.08 bits per heavy atom. The molecule has 1 aromatic rings. The smallest absolute Gasteiger partial charge is 0.167 e. The van der Waals surface area contributed by atoms with Gasteiger partial charge < -0.3 is 9.94 Å². The van der Waals surface area contributed by atoms with Gasteiger partial charge in [0.1, 0.15) is 12.9 Å². The quantitative estimate of drug-likeness (QED) is 0.796. The second kappa shape index (κ2) is 7.03. The van der Waals surface area contributed by atoms with Crippen molar-refractivity contribution in [2.45, 2.75) is 52.9 Å². The minimum absolute atomic E-state index is 0.0175. The SMILES string of the molecule is CO/N=C1/C[C@H]2CC[C@@H]1CC(=O)/C(c1c(C)cc(C)cc1C)=C(/O)C2. The number of hydrogen-bond donors (Lipinski definition) is 1. The number of aliphatic hydroxyl groups excluding tert-OH is 1. The topological polar surface area (TPSA) is 58.9 Å².